The molecule has 0 spiro atoms. The molecule has 0 unspecified atom stereocenters. The molecule has 0 bridgehead atoms. The number of esters is 1. The van der Waals surface area contributed by atoms with E-state index in [9.17, 15) is 4.79 Å². The predicted octanol–water partition coefficient (Wildman–Crippen LogP) is 6.07. The fourth-order valence-corrected chi connectivity index (χ4v) is 3.83. The largest absolute Gasteiger partial charge is 0.462 e. The Kier molecular flexibility index (Phi) is 4.88. The van der Waals surface area contributed by atoms with Gasteiger partial charge in [0.25, 0.3) is 0 Å². The van der Waals surface area contributed by atoms with Crippen molar-refractivity contribution in [2.45, 2.75) is 6.92 Å². The van der Waals surface area contributed by atoms with E-state index in [0.29, 0.717) is 17.2 Å². The summed E-state index contributed by atoms with van der Waals surface area (Å²) in [5, 5.41) is 7.31. The first-order valence-electron chi connectivity index (χ1n) is 9.95. The average molecular weight is 428 g/mol. The molecule has 0 aliphatic rings. The van der Waals surface area contributed by atoms with Crippen molar-refractivity contribution < 1.29 is 9.53 Å². The second-order valence-electron chi connectivity index (χ2n) is 7.08. The molecule has 0 saturated heterocycles. The molecule has 0 fully saturated rings. The Morgan fingerprint density at radius 1 is 1.00 bits per heavy atom. The minimum Gasteiger partial charge on any atom is -0.462 e. The van der Waals surface area contributed by atoms with Crippen LogP contribution in [0, 0.1) is 0 Å². The van der Waals surface area contributed by atoms with E-state index in [4.69, 9.17) is 21.4 Å². The Hall–Kier alpha value is -3.70. The van der Waals surface area contributed by atoms with Crippen molar-refractivity contribution in [1.29, 1.82) is 0 Å². The monoisotopic (exact) mass is 427 g/mol. The van der Waals surface area contributed by atoms with Crippen LogP contribution in [0.15, 0.2) is 79.0 Å². The zero-order valence-electron chi connectivity index (χ0n) is 16.7. The summed E-state index contributed by atoms with van der Waals surface area (Å²) in [6.07, 6.45) is 1.84. The zero-order chi connectivity index (χ0) is 21.4. The van der Waals surface area contributed by atoms with Gasteiger partial charge in [0, 0.05) is 27.6 Å². The lowest BCUT2D eigenvalue weighted by atomic mass is 10.1. The molecule has 0 aliphatic carbocycles. The topological polar surface area (TPSA) is 57.0 Å². The number of carbonyl (C=O) groups excluding carboxylic acids is 1. The highest BCUT2D eigenvalue weighted by Gasteiger charge is 2.18. The molecule has 0 atom stereocenters. The molecule has 0 aliphatic heterocycles. The fourth-order valence-electron chi connectivity index (χ4n) is 3.70. The van der Waals surface area contributed by atoms with Crippen molar-refractivity contribution in [2.24, 2.45) is 0 Å². The van der Waals surface area contributed by atoms with E-state index in [1.54, 1.807) is 13.0 Å². The summed E-state index contributed by atoms with van der Waals surface area (Å²) in [6.45, 7) is 2.11. The zero-order valence-corrected chi connectivity index (χ0v) is 17.5. The fraction of sp³-hybridized carbons (Fsp3) is 0.0800. The second kappa shape index (κ2) is 7.85. The first-order chi connectivity index (χ1) is 15.2. The van der Waals surface area contributed by atoms with Crippen LogP contribution in [-0.2, 0) is 4.74 Å². The Bertz CT molecular complexity index is 1410. The number of aromatic nitrogens is 3. The van der Waals surface area contributed by atoms with Crippen molar-refractivity contribution in [2.75, 3.05) is 6.61 Å². The van der Waals surface area contributed by atoms with Crippen molar-refractivity contribution in [3.8, 4) is 16.9 Å². The maximum atomic E-state index is 12.4. The molecule has 6 heteroatoms. The third kappa shape index (κ3) is 3.43. The molecule has 2 heterocycles. The molecule has 5 aromatic rings. The number of pyridine rings is 1. The minimum atomic E-state index is -0.359. The minimum absolute atomic E-state index is 0.320. The van der Waals surface area contributed by atoms with Crippen LogP contribution in [0.3, 0.4) is 0 Å². The molecule has 0 saturated carbocycles. The highest BCUT2D eigenvalue weighted by molar-refractivity contribution is 6.30. The van der Waals surface area contributed by atoms with Gasteiger partial charge in [-0.25, -0.2) is 9.48 Å². The van der Waals surface area contributed by atoms with Crippen LogP contribution in [0.2, 0.25) is 5.02 Å². The van der Waals surface area contributed by atoms with Crippen molar-refractivity contribution in [1.82, 2.24) is 14.8 Å². The van der Waals surface area contributed by atoms with Crippen LogP contribution in [0.25, 0.3) is 38.8 Å². The van der Waals surface area contributed by atoms with E-state index < -0.39 is 0 Å². The summed E-state index contributed by atoms with van der Waals surface area (Å²) in [5.74, 6) is -0.359. The van der Waals surface area contributed by atoms with Gasteiger partial charge in [-0.05, 0) is 49.4 Å². The van der Waals surface area contributed by atoms with E-state index in [0.717, 1.165) is 38.8 Å². The van der Waals surface area contributed by atoms with Gasteiger partial charge in [0.2, 0.25) is 0 Å². The van der Waals surface area contributed by atoms with E-state index in [1.807, 2.05) is 77.6 Å². The van der Waals surface area contributed by atoms with Gasteiger partial charge >= 0.3 is 5.97 Å². The molecular weight excluding hydrogens is 410 g/mol. The molecule has 0 amide bonds. The van der Waals surface area contributed by atoms with Crippen LogP contribution in [0.4, 0.5) is 0 Å². The molecule has 0 radical (unpaired) electrons. The summed E-state index contributed by atoms with van der Waals surface area (Å²) in [5.41, 5.74) is 4.80. The number of fused-ring (bicyclic) bond motifs is 3. The van der Waals surface area contributed by atoms with E-state index >= 15 is 0 Å². The lowest BCUT2D eigenvalue weighted by molar-refractivity contribution is 0.0526. The van der Waals surface area contributed by atoms with Gasteiger partial charge in [-0.1, -0.05) is 41.9 Å². The summed E-state index contributed by atoms with van der Waals surface area (Å²) < 4.78 is 7.08. The second-order valence-corrected chi connectivity index (χ2v) is 7.51. The van der Waals surface area contributed by atoms with Crippen LogP contribution in [0.5, 0.6) is 0 Å². The van der Waals surface area contributed by atoms with Crippen LogP contribution < -0.4 is 0 Å². The van der Waals surface area contributed by atoms with E-state index in [2.05, 4.69) is 4.98 Å². The molecular formula is C25H18ClN3O2. The number of rotatable bonds is 4. The van der Waals surface area contributed by atoms with Crippen molar-refractivity contribution in [3.63, 3.8) is 0 Å². The van der Waals surface area contributed by atoms with Crippen LogP contribution >= 0.6 is 11.6 Å². The first-order valence-corrected chi connectivity index (χ1v) is 10.3. The highest BCUT2D eigenvalue weighted by atomic mass is 35.5. The van der Waals surface area contributed by atoms with Gasteiger partial charge < -0.3 is 4.74 Å². The van der Waals surface area contributed by atoms with Gasteiger partial charge in [-0.2, -0.15) is 5.10 Å². The maximum absolute atomic E-state index is 12.4. The van der Waals surface area contributed by atoms with Gasteiger partial charge in [0.1, 0.15) is 5.69 Å². The SMILES string of the molecule is CCOC(=O)c1ccc2ncc3c(-c4ccccc4)nn(-c4ccc(Cl)cc4)c3c2c1. The average Bonchev–Trinajstić information content (AvgIpc) is 3.20. The van der Waals surface area contributed by atoms with E-state index in [-0.39, 0.29) is 5.97 Å². The Balaban J connectivity index is 1.85. The van der Waals surface area contributed by atoms with Crippen LogP contribution in [0.1, 0.15) is 17.3 Å². The molecule has 31 heavy (non-hydrogen) atoms. The lowest BCUT2D eigenvalue weighted by Gasteiger charge is -2.08. The molecule has 5 rings (SSSR count). The lowest BCUT2D eigenvalue weighted by Crippen LogP contribution is -2.04. The first kappa shape index (κ1) is 19.3. The number of halogens is 1. The normalized spacial score (nSPS) is 11.2. The highest BCUT2D eigenvalue weighted by Crippen LogP contribution is 2.34. The standard InChI is InChI=1S/C25H18ClN3O2/c1-2-31-25(30)17-8-13-22-20(14-17)24-21(15-27-22)23(16-6-4-3-5-7-16)28-29(24)19-11-9-18(26)10-12-19/h3-15H,2H2,1H3. The van der Waals surface area contributed by atoms with E-state index in [1.165, 1.54) is 0 Å². The number of benzene rings is 3. The molecule has 152 valence electrons. The Morgan fingerprint density at radius 3 is 2.52 bits per heavy atom. The van der Waals surface area contributed by atoms with Gasteiger partial charge in [0.05, 0.1) is 28.9 Å². The quantitative estimate of drug-likeness (QED) is 0.326. The summed E-state index contributed by atoms with van der Waals surface area (Å²) in [6, 6.07) is 22.9. The molecule has 0 N–H and O–H groups in total. The molecule has 3 aromatic carbocycles. The Morgan fingerprint density at radius 2 is 1.77 bits per heavy atom. The molecule has 5 nitrogen and oxygen atoms in total. The summed E-state index contributed by atoms with van der Waals surface area (Å²) in [4.78, 5) is 17.0. The number of hydrogen-bond acceptors (Lipinski definition) is 4. The smallest absolute Gasteiger partial charge is 0.338 e. The predicted molar refractivity (Wildman–Crippen MR) is 123 cm³/mol. The van der Waals surface area contributed by atoms with Crippen molar-refractivity contribution in [3.05, 3.63) is 89.6 Å². The Labute approximate surface area is 183 Å². The summed E-state index contributed by atoms with van der Waals surface area (Å²) in [7, 11) is 0. The number of hydrogen-bond donors (Lipinski definition) is 0. The number of carbonyl (C=O) groups is 1. The third-order valence-electron chi connectivity index (χ3n) is 5.14. The van der Waals surface area contributed by atoms with Gasteiger partial charge in [0.15, 0.2) is 0 Å². The van der Waals surface area contributed by atoms with Crippen molar-refractivity contribution >= 4 is 39.4 Å². The number of nitrogens with zero attached hydrogens (tertiary/aromatic N) is 3. The third-order valence-corrected chi connectivity index (χ3v) is 5.39. The van der Waals surface area contributed by atoms with Crippen LogP contribution in [-0.4, -0.2) is 27.3 Å². The summed E-state index contributed by atoms with van der Waals surface area (Å²) >= 11 is 6.11. The maximum Gasteiger partial charge on any atom is 0.338 e. The molecule has 2 aromatic heterocycles. The van der Waals surface area contributed by atoms with Gasteiger partial charge in [-0.3, -0.25) is 4.98 Å². The van der Waals surface area contributed by atoms with Gasteiger partial charge in [-0.15, -0.1) is 0 Å². The number of ether oxygens (including phenoxy) is 1.